The molecule has 21 heavy (non-hydrogen) atoms. The number of nitro groups is 1. The van der Waals surface area contributed by atoms with Crippen LogP contribution in [0.15, 0.2) is 57.9 Å². The van der Waals surface area contributed by atoms with E-state index in [2.05, 4.69) is 20.7 Å². The fourth-order valence-corrected chi connectivity index (χ4v) is 3.43. The maximum atomic E-state index is 12.2. The second-order valence-corrected chi connectivity index (χ2v) is 6.83. The van der Waals surface area contributed by atoms with Crippen molar-refractivity contribution in [3.8, 4) is 0 Å². The summed E-state index contributed by atoms with van der Waals surface area (Å²) in [5.41, 5.74) is 0.303. The van der Waals surface area contributed by atoms with Gasteiger partial charge in [0.15, 0.2) is 4.90 Å². The summed E-state index contributed by atoms with van der Waals surface area (Å²) in [4.78, 5) is 9.87. The standard InChI is InChI=1S/C13H11BrN2O4S/c14-11-6-7-12(16(17)18)13(8-11)21(19,20)15-9-10-4-2-1-3-5-10/h1-8,15H,9H2. The van der Waals surface area contributed by atoms with E-state index >= 15 is 0 Å². The molecule has 110 valence electrons. The summed E-state index contributed by atoms with van der Waals surface area (Å²) in [6, 6.07) is 12.7. The van der Waals surface area contributed by atoms with Gasteiger partial charge in [-0.15, -0.1) is 0 Å². The van der Waals surface area contributed by atoms with Gasteiger partial charge in [0.05, 0.1) is 4.92 Å². The third kappa shape index (κ3) is 3.87. The summed E-state index contributed by atoms with van der Waals surface area (Å²) >= 11 is 3.12. The van der Waals surface area contributed by atoms with Gasteiger partial charge in [0.25, 0.3) is 5.69 Å². The van der Waals surface area contributed by atoms with Crippen LogP contribution in [-0.4, -0.2) is 13.3 Å². The minimum Gasteiger partial charge on any atom is -0.258 e. The second-order valence-electron chi connectivity index (χ2n) is 4.18. The van der Waals surface area contributed by atoms with Crippen LogP contribution in [0, 0.1) is 10.1 Å². The first kappa shape index (κ1) is 15.6. The molecule has 0 spiro atoms. The zero-order valence-electron chi connectivity index (χ0n) is 10.7. The lowest BCUT2D eigenvalue weighted by Crippen LogP contribution is -2.24. The summed E-state index contributed by atoms with van der Waals surface area (Å²) in [6.07, 6.45) is 0. The van der Waals surface area contributed by atoms with E-state index in [-0.39, 0.29) is 11.4 Å². The first-order chi connectivity index (χ1) is 9.90. The van der Waals surface area contributed by atoms with E-state index < -0.39 is 20.6 Å². The number of rotatable bonds is 5. The van der Waals surface area contributed by atoms with Crippen molar-refractivity contribution in [2.75, 3.05) is 0 Å². The third-order valence-electron chi connectivity index (χ3n) is 2.72. The number of nitro benzene ring substituents is 1. The van der Waals surface area contributed by atoms with Crippen molar-refractivity contribution in [2.45, 2.75) is 11.4 Å². The van der Waals surface area contributed by atoms with E-state index in [9.17, 15) is 18.5 Å². The molecule has 0 aliphatic heterocycles. The fourth-order valence-electron chi connectivity index (χ4n) is 1.71. The molecule has 0 fully saturated rings. The largest absolute Gasteiger partial charge is 0.289 e. The van der Waals surface area contributed by atoms with Gasteiger partial charge >= 0.3 is 0 Å². The summed E-state index contributed by atoms with van der Waals surface area (Å²) in [7, 11) is -3.98. The maximum Gasteiger partial charge on any atom is 0.289 e. The number of benzene rings is 2. The van der Waals surface area contributed by atoms with Gasteiger partial charge in [-0.3, -0.25) is 10.1 Å². The first-order valence-electron chi connectivity index (χ1n) is 5.88. The lowest BCUT2D eigenvalue weighted by Gasteiger charge is -2.08. The highest BCUT2D eigenvalue weighted by Gasteiger charge is 2.25. The average Bonchev–Trinajstić information content (AvgIpc) is 2.46. The molecule has 0 atom stereocenters. The van der Waals surface area contributed by atoms with Gasteiger partial charge in [0.1, 0.15) is 0 Å². The Bertz CT molecular complexity index is 763. The summed E-state index contributed by atoms with van der Waals surface area (Å²) in [5, 5.41) is 11.0. The third-order valence-corrected chi connectivity index (χ3v) is 4.64. The predicted octanol–water partition coefficient (Wildman–Crippen LogP) is 2.84. The molecular weight excluding hydrogens is 360 g/mol. The van der Waals surface area contributed by atoms with E-state index in [4.69, 9.17) is 0 Å². The SMILES string of the molecule is O=[N+]([O-])c1ccc(Br)cc1S(=O)(=O)NCc1ccccc1. The van der Waals surface area contributed by atoms with Crippen LogP contribution < -0.4 is 4.72 Å². The zero-order chi connectivity index (χ0) is 15.5. The van der Waals surface area contributed by atoms with Gasteiger partial charge in [0, 0.05) is 17.1 Å². The Kier molecular flexibility index (Phi) is 4.71. The Morgan fingerprint density at radius 2 is 1.81 bits per heavy atom. The second kappa shape index (κ2) is 6.33. The van der Waals surface area contributed by atoms with Crippen molar-refractivity contribution in [1.82, 2.24) is 4.72 Å². The predicted molar refractivity (Wildman–Crippen MR) is 81.3 cm³/mol. The summed E-state index contributed by atoms with van der Waals surface area (Å²) in [5.74, 6) is 0. The quantitative estimate of drug-likeness (QED) is 0.647. The normalized spacial score (nSPS) is 11.3. The zero-order valence-corrected chi connectivity index (χ0v) is 13.1. The lowest BCUT2D eigenvalue weighted by molar-refractivity contribution is -0.387. The minimum absolute atomic E-state index is 0.0623. The van der Waals surface area contributed by atoms with Gasteiger partial charge in [-0.2, -0.15) is 0 Å². The van der Waals surface area contributed by atoms with Crippen LogP contribution in [0.5, 0.6) is 0 Å². The topological polar surface area (TPSA) is 89.3 Å². The minimum atomic E-state index is -3.98. The van der Waals surface area contributed by atoms with Gasteiger partial charge in [-0.05, 0) is 17.7 Å². The van der Waals surface area contributed by atoms with Crippen molar-refractivity contribution < 1.29 is 13.3 Å². The molecule has 0 aromatic heterocycles. The van der Waals surface area contributed by atoms with Gasteiger partial charge in [0.2, 0.25) is 10.0 Å². The molecule has 0 radical (unpaired) electrons. The Morgan fingerprint density at radius 3 is 2.43 bits per heavy atom. The van der Waals surface area contributed by atoms with E-state index in [1.165, 1.54) is 12.1 Å². The van der Waals surface area contributed by atoms with Crippen molar-refractivity contribution in [2.24, 2.45) is 0 Å². The van der Waals surface area contributed by atoms with E-state index in [1.807, 2.05) is 6.07 Å². The summed E-state index contributed by atoms with van der Waals surface area (Å²) < 4.78 is 27.3. The number of sulfonamides is 1. The number of nitrogens with one attached hydrogen (secondary N) is 1. The first-order valence-corrected chi connectivity index (χ1v) is 8.15. The van der Waals surface area contributed by atoms with E-state index in [1.54, 1.807) is 24.3 Å². The molecule has 0 bridgehead atoms. The van der Waals surface area contributed by atoms with Crippen LogP contribution in [0.4, 0.5) is 5.69 Å². The molecule has 0 heterocycles. The molecule has 0 aliphatic rings. The molecule has 8 heteroatoms. The van der Waals surface area contributed by atoms with Gasteiger partial charge in [-0.1, -0.05) is 46.3 Å². The Balaban J connectivity index is 2.31. The molecule has 0 saturated carbocycles. The van der Waals surface area contributed by atoms with E-state index in [0.717, 1.165) is 11.6 Å². The molecule has 0 amide bonds. The number of halogens is 1. The van der Waals surface area contributed by atoms with Crippen molar-refractivity contribution in [3.05, 3.63) is 68.7 Å². The van der Waals surface area contributed by atoms with Gasteiger partial charge in [-0.25, -0.2) is 13.1 Å². The lowest BCUT2D eigenvalue weighted by atomic mass is 10.2. The van der Waals surface area contributed by atoms with Gasteiger partial charge < -0.3 is 0 Å². The molecule has 2 aromatic rings. The van der Waals surface area contributed by atoms with Crippen LogP contribution in [0.2, 0.25) is 0 Å². The Labute approximate surface area is 130 Å². The highest BCUT2D eigenvalue weighted by Crippen LogP contribution is 2.27. The highest BCUT2D eigenvalue weighted by molar-refractivity contribution is 9.10. The average molecular weight is 371 g/mol. The van der Waals surface area contributed by atoms with Crippen LogP contribution in [0.25, 0.3) is 0 Å². The van der Waals surface area contributed by atoms with Crippen LogP contribution in [0.1, 0.15) is 5.56 Å². The molecule has 2 aromatic carbocycles. The monoisotopic (exact) mass is 370 g/mol. The van der Waals surface area contributed by atoms with Crippen LogP contribution in [0.3, 0.4) is 0 Å². The molecule has 0 aliphatic carbocycles. The summed E-state index contributed by atoms with van der Waals surface area (Å²) in [6.45, 7) is 0.0623. The smallest absolute Gasteiger partial charge is 0.258 e. The highest BCUT2D eigenvalue weighted by atomic mass is 79.9. The molecule has 6 nitrogen and oxygen atoms in total. The fraction of sp³-hybridized carbons (Fsp3) is 0.0769. The molecular formula is C13H11BrN2O4S. The number of hydrogen-bond acceptors (Lipinski definition) is 4. The van der Waals surface area contributed by atoms with Crippen molar-refractivity contribution >= 4 is 31.6 Å². The number of hydrogen-bond donors (Lipinski definition) is 1. The van der Waals surface area contributed by atoms with Crippen molar-refractivity contribution in [3.63, 3.8) is 0 Å². The number of nitrogens with zero attached hydrogens (tertiary/aromatic N) is 1. The van der Waals surface area contributed by atoms with E-state index in [0.29, 0.717) is 4.47 Å². The van der Waals surface area contributed by atoms with Crippen LogP contribution >= 0.6 is 15.9 Å². The van der Waals surface area contributed by atoms with Crippen LogP contribution in [-0.2, 0) is 16.6 Å². The molecule has 0 unspecified atom stereocenters. The Morgan fingerprint density at radius 1 is 1.14 bits per heavy atom. The molecule has 1 N–H and O–H groups in total. The molecule has 0 saturated heterocycles. The Hall–Kier alpha value is -1.77. The van der Waals surface area contributed by atoms with Crippen molar-refractivity contribution in [1.29, 1.82) is 0 Å². The maximum absolute atomic E-state index is 12.2. The molecule has 2 rings (SSSR count).